The number of aliphatic hydroxyl groups is 2. The zero-order valence-electron chi connectivity index (χ0n) is 10.9. The number of aryl methyl sites for hydroxylation is 1. The van der Waals surface area contributed by atoms with Crippen molar-refractivity contribution >= 4 is 0 Å². The maximum absolute atomic E-state index is 9.95. The van der Waals surface area contributed by atoms with Crippen molar-refractivity contribution in [3.63, 3.8) is 0 Å². The first-order valence-electron chi connectivity index (χ1n) is 6.28. The van der Waals surface area contributed by atoms with Crippen molar-refractivity contribution in [1.29, 1.82) is 0 Å². The lowest BCUT2D eigenvalue weighted by atomic mass is 10.0. The van der Waals surface area contributed by atoms with Crippen LogP contribution in [0.5, 0.6) is 5.75 Å². The minimum Gasteiger partial charge on any atom is -0.483 e. The lowest BCUT2D eigenvalue weighted by molar-refractivity contribution is -0.00217. The molecule has 0 amide bonds. The molecule has 3 nitrogen and oxygen atoms in total. The Labute approximate surface area is 113 Å². The Balaban J connectivity index is 2.27. The van der Waals surface area contributed by atoms with Crippen LogP contribution in [0.4, 0.5) is 0 Å². The molecule has 0 radical (unpaired) electrons. The van der Waals surface area contributed by atoms with Crippen molar-refractivity contribution in [1.82, 2.24) is 0 Å². The molecule has 0 spiro atoms. The van der Waals surface area contributed by atoms with Crippen molar-refractivity contribution in [3.8, 4) is 5.75 Å². The summed E-state index contributed by atoms with van der Waals surface area (Å²) in [4.78, 5) is 0. The van der Waals surface area contributed by atoms with Gasteiger partial charge < -0.3 is 14.9 Å². The Bertz CT molecular complexity index is 510. The monoisotopic (exact) mass is 258 g/mol. The molecule has 2 aromatic rings. The first-order valence-corrected chi connectivity index (χ1v) is 6.28. The fourth-order valence-corrected chi connectivity index (χ4v) is 1.93. The summed E-state index contributed by atoms with van der Waals surface area (Å²) in [5.74, 6) is 0.712. The second-order valence-electron chi connectivity index (χ2n) is 4.46. The van der Waals surface area contributed by atoms with Gasteiger partial charge in [-0.15, -0.1) is 0 Å². The van der Waals surface area contributed by atoms with E-state index in [1.807, 2.05) is 61.5 Å². The molecule has 0 heterocycles. The Morgan fingerprint density at radius 2 is 1.63 bits per heavy atom. The summed E-state index contributed by atoms with van der Waals surface area (Å²) in [7, 11) is 0. The minimum atomic E-state index is -0.956. The molecule has 0 aliphatic heterocycles. The van der Waals surface area contributed by atoms with E-state index in [2.05, 4.69) is 0 Å². The number of para-hydroxylation sites is 1. The third-order valence-corrected chi connectivity index (χ3v) is 3.01. The van der Waals surface area contributed by atoms with E-state index in [4.69, 9.17) is 4.74 Å². The van der Waals surface area contributed by atoms with E-state index in [0.717, 1.165) is 11.1 Å². The quantitative estimate of drug-likeness (QED) is 0.866. The topological polar surface area (TPSA) is 49.7 Å². The molecule has 0 aliphatic rings. The fraction of sp³-hybridized carbons (Fsp3) is 0.250. The summed E-state index contributed by atoms with van der Waals surface area (Å²) in [6.45, 7) is 1.61. The van der Waals surface area contributed by atoms with Gasteiger partial charge in [0.15, 0.2) is 6.10 Å². The Hall–Kier alpha value is -1.84. The van der Waals surface area contributed by atoms with Gasteiger partial charge in [0.05, 0.1) is 6.61 Å². The standard InChI is InChI=1S/C16H18O3/c1-12-7-5-6-10-15(12)19-16(14(18)11-17)13-8-3-2-4-9-13/h2-10,14,16-18H,11H2,1H3/t14-,16+/m0/s1. The number of ether oxygens (including phenoxy) is 1. The molecule has 2 N–H and O–H groups in total. The average Bonchev–Trinajstić information content (AvgIpc) is 2.46. The Morgan fingerprint density at radius 1 is 1.00 bits per heavy atom. The highest BCUT2D eigenvalue weighted by atomic mass is 16.5. The highest BCUT2D eigenvalue weighted by Gasteiger charge is 2.22. The number of benzene rings is 2. The molecule has 0 unspecified atom stereocenters. The second kappa shape index (κ2) is 6.36. The van der Waals surface area contributed by atoms with Gasteiger partial charge in [0, 0.05) is 0 Å². The van der Waals surface area contributed by atoms with Gasteiger partial charge in [-0.1, -0.05) is 48.5 Å². The van der Waals surface area contributed by atoms with Gasteiger partial charge in [-0.25, -0.2) is 0 Å². The highest BCUT2D eigenvalue weighted by molar-refractivity contribution is 5.33. The summed E-state index contributed by atoms with van der Waals surface area (Å²) < 4.78 is 5.87. The lowest BCUT2D eigenvalue weighted by Crippen LogP contribution is -2.27. The first kappa shape index (κ1) is 13.6. The summed E-state index contributed by atoms with van der Waals surface area (Å²) in [5.41, 5.74) is 1.83. The van der Waals surface area contributed by atoms with Gasteiger partial charge in [-0.2, -0.15) is 0 Å². The Morgan fingerprint density at radius 3 is 2.26 bits per heavy atom. The van der Waals surface area contributed by atoms with Gasteiger partial charge in [-0.05, 0) is 24.1 Å². The number of hydrogen-bond donors (Lipinski definition) is 2. The zero-order valence-corrected chi connectivity index (χ0v) is 10.9. The Kier molecular flexibility index (Phi) is 4.55. The number of hydrogen-bond acceptors (Lipinski definition) is 3. The molecule has 0 fully saturated rings. The van der Waals surface area contributed by atoms with Gasteiger partial charge in [0.2, 0.25) is 0 Å². The van der Waals surface area contributed by atoms with E-state index in [1.54, 1.807) is 0 Å². The first-order chi connectivity index (χ1) is 9.22. The van der Waals surface area contributed by atoms with E-state index >= 15 is 0 Å². The van der Waals surface area contributed by atoms with Crippen LogP contribution >= 0.6 is 0 Å². The van der Waals surface area contributed by atoms with E-state index < -0.39 is 12.2 Å². The van der Waals surface area contributed by atoms with E-state index in [-0.39, 0.29) is 6.61 Å². The molecular weight excluding hydrogens is 240 g/mol. The van der Waals surface area contributed by atoms with Crippen LogP contribution in [0, 0.1) is 6.92 Å². The summed E-state index contributed by atoms with van der Waals surface area (Å²) in [6.07, 6.45) is -1.53. The summed E-state index contributed by atoms with van der Waals surface area (Å²) in [5, 5.41) is 19.1. The molecule has 2 atom stereocenters. The van der Waals surface area contributed by atoms with Gasteiger partial charge in [0.1, 0.15) is 11.9 Å². The number of aliphatic hydroxyl groups excluding tert-OH is 2. The molecule has 100 valence electrons. The highest BCUT2D eigenvalue weighted by Crippen LogP contribution is 2.27. The number of rotatable bonds is 5. The molecule has 2 rings (SSSR count). The van der Waals surface area contributed by atoms with E-state index in [0.29, 0.717) is 5.75 Å². The predicted octanol–water partition coefficient (Wildman–Crippen LogP) is 2.47. The van der Waals surface area contributed by atoms with Crippen LogP contribution in [-0.4, -0.2) is 22.9 Å². The van der Waals surface area contributed by atoms with E-state index in [9.17, 15) is 10.2 Å². The molecule has 3 heteroatoms. The van der Waals surface area contributed by atoms with Crippen LogP contribution in [-0.2, 0) is 0 Å². The van der Waals surface area contributed by atoms with Crippen molar-refractivity contribution < 1.29 is 14.9 Å². The maximum Gasteiger partial charge on any atom is 0.152 e. The van der Waals surface area contributed by atoms with Crippen molar-refractivity contribution in [2.75, 3.05) is 6.61 Å². The smallest absolute Gasteiger partial charge is 0.152 e. The predicted molar refractivity (Wildman–Crippen MR) is 74.1 cm³/mol. The van der Waals surface area contributed by atoms with Crippen molar-refractivity contribution in [2.24, 2.45) is 0 Å². The molecule has 0 aromatic heterocycles. The van der Waals surface area contributed by atoms with Gasteiger partial charge >= 0.3 is 0 Å². The van der Waals surface area contributed by atoms with Gasteiger partial charge in [-0.3, -0.25) is 0 Å². The van der Waals surface area contributed by atoms with Crippen LogP contribution in [0.1, 0.15) is 17.2 Å². The molecule has 0 bridgehead atoms. The third kappa shape index (κ3) is 3.34. The fourth-order valence-electron chi connectivity index (χ4n) is 1.93. The average molecular weight is 258 g/mol. The molecule has 0 aliphatic carbocycles. The minimum absolute atomic E-state index is 0.342. The second-order valence-corrected chi connectivity index (χ2v) is 4.46. The lowest BCUT2D eigenvalue weighted by Gasteiger charge is -2.24. The normalized spacial score (nSPS) is 13.8. The molecule has 0 saturated carbocycles. The largest absolute Gasteiger partial charge is 0.483 e. The summed E-state index contributed by atoms with van der Waals surface area (Å²) in [6, 6.07) is 17.0. The molecule has 19 heavy (non-hydrogen) atoms. The van der Waals surface area contributed by atoms with Gasteiger partial charge in [0.25, 0.3) is 0 Å². The molecular formula is C16H18O3. The van der Waals surface area contributed by atoms with Crippen molar-refractivity contribution in [3.05, 3.63) is 65.7 Å². The summed E-state index contributed by atoms with van der Waals surface area (Å²) >= 11 is 0. The van der Waals surface area contributed by atoms with Crippen LogP contribution in [0.3, 0.4) is 0 Å². The third-order valence-electron chi connectivity index (χ3n) is 3.01. The van der Waals surface area contributed by atoms with Crippen LogP contribution < -0.4 is 4.74 Å². The molecule has 2 aromatic carbocycles. The van der Waals surface area contributed by atoms with Crippen LogP contribution in [0.2, 0.25) is 0 Å². The van der Waals surface area contributed by atoms with E-state index in [1.165, 1.54) is 0 Å². The van der Waals surface area contributed by atoms with Crippen LogP contribution in [0.25, 0.3) is 0 Å². The maximum atomic E-state index is 9.95. The SMILES string of the molecule is Cc1ccccc1O[C@H](c1ccccc1)[C@@H](O)CO. The van der Waals surface area contributed by atoms with Crippen LogP contribution in [0.15, 0.2) is 54.6 Å². The zero-order chi connectivity index (χ0) is 13.7. The van der Waals surface area contributed by atoms with Crippen molar-refractivity contribution in [2.45, 2.75) is 19.1 Å². The molecule has 0 saturated heterocycles.